The average molecular weight is 263 g/mol. The Morgan fingerprint density at radius 3 is 2.37 bits per heavy atom. The van der Waals surface area contributed by atoms with E-state index < -0.39 is 6.10 Å². The van der Waals surface area contributed by atoms with Gasteiger partial charge in [0.05, 0.1) is 12.1 Å². The largest absolute Gasteiger partial charge is 0.386 e. The number of carbonyl (C=O) groups is 1. The summed E-state index contributed by atoms with van der Waals surface area (Å²) in [6.07, 6.45) is 0.890. The molecular weight excluding hydrogens is 238 g/mol. The summed E-state index contributed by atoms with van der Waals surface area (Å²) in [7, 11) is 1.77. The van der Waals surface area contributed by atoms with E-state index in [4.69, 9.17) is 0 Å². The monoisotopic (exact) mass is 263 g/mol. The van der Waals surface area contributed by atoms with Crippen LogP contribution in [-0.4, -0.2) is 29.0 Å². The Morgan fingerprint density at radius 2 is 1.84 bits per heavy atom. The lowest BCUT2D eigenvalue weighted by molar-refractivity contribution is -0.134. The molecule has 0 radical (unpaired) electrons. The van der Waals surface area contributed by atoms with E-state index in [1.54, 1.807) is 11.9 Å². The lowest BCUT2D eigenvalue weighted by atomic mass is 10.0. The highest BCUT2D eigenvalue weighted by atomic mass is 16.3. The van der Waals surface area contributed by atoms with Crippen molar-refractivity contribution in [2.75, 3.05) is 7.05 Å². The number of benzene rings is 1. The number of aliphatic hydroxyl groups is 1. The van der Waals surface area contributed by atoms with E-state index in [1.807, 2.05) is 37.3 Å². The fourth-order valence-electron chi connectivity index (χ4n) is 1.95. The van der Waals surface area contributed by atoms with E-state index in [9.17, 15) is 9.90 Å². The predicted molar refractivity (Wildman–Crippen MR) is 77.7 cm³/mol. The van der Waals surface area contributed by atoms with Gasteiger partial charge in [0, 0.05) is 13.5 Å². The van der Waals surface area contributed by atoms with Gasteiger partial charge in [-0.3, -0.25) is 4.79 Å². The molecule has 19 heavy (non-hydrogen) atoms. The molecule has 0 aliphatic carbocycles. The number of amides is 1. The van der Waals surface area contributed by atoms with Crippen molar-refractivity contribution < 1.29 is 9.90 Å². The standard InChI is InChI=1S/C16H25NO2/c1-5-12(2)11-15(18)17(4)13(3)16(19)14-9-7-6-8-10-14/h6-10,12-13,16,19H,5,11H2,1-4H3/t12-,13-,16+/m1/s1. The normalized spacial score (nSPS) is 15.6. The molecule has 1 aromatic carbocycles. The average Bonchev–Trinajstić information content (AvgIpc) is 2.45. The molecule has 106 valence electrons. The number of hydrogen-bond donors (Lipinski definition) is 1. The third-order valence-corrected chi connectivity index (χ3v) is 3.82. The molecule has 1 amide bonds. The Bertz CT molecular complexity index is 391. The lowest BCUT2D eigenvalue weighted by Gasteiger charge is -2.30. The predicted octanol–water partition coefficient (Wildman–Crippen LogP) is 3.00. The van der Waals surface area contributed by atoms with E-state index >= 15 is 0 Å². The highest BCUT2D eigenvalue weighted by Gasteiger charge is 2.24. The lowest BCUT2D eigenvalue weighted by Crippen LogP contribution is -2.39. The second-order valence-corrected chi connectivity index (χ2v) is 5.32. The number of aliphatic hydroxyl groups excluding tert-OH is 1. The maximum atomic E-state index is 12.1. The molecule has 0 aliphatic heterocycles. The quantitative estimate of drug-likeness (QED) is 0.857. The highest BCUT2D eigenvalue weighted by Crippen LogP contribution is 2.21. The number of rotatable bonds is 6. The first-order chi connectivity index (χ1) is 8.97. The summed E-state index contributed by atoms with van der Waals surface area (Å²) >= 11 is 0. The van der Waals surface area contributed by atoms with Crippen molar-refractivity contribution in [2.45, 2.75) is 45.8 Å². The van der Waals surface area contributed by atoms with E-state index in [-0.39, 0.29) is 11.9 Å². The fourth-order valence-corrected chi connectivity index (χ4v) is 1.95. The van der Waals surface area contributed by atoms with E-state index in [0.717, 1.165) is 12.0 Å². The van der Waals surface area contributed by atoms with Crippen molar-refractivity contribution in [3.63, 3.8) is 0 Å². The summed E-state index contributed by atoms with van der Waals surface area (Å²) in [6.45, 7) is 6.04. The SMILES string of the molecule is CC[C@@H](C)CC(=O)N(C)[C@H](C)[C@H](O)c1ccccc1. The topological polar surface area (TPSA) is 40.5 Å². The number of nitrogens with zero attached hydrogens (tertiary/aromatic N) is 1. The van der Waals surface area contributed by atoms with Crippen LogP contribution < -0.4 is 0 Å². The Hall–Kier alpha value is -1.35. The van der Waals surface area contributed by atoms with Crippen LogP contribution in [0.25, 0.3) is 0 Å². The van der Waals surface area contributed by atoms with Gasteiger partial charge in [-0.15, -0.1) is 0 Å². The molecule has 0 saturated heterocycles. The minimum absolute atomic E-state index is 0.0943. The summed E-state index contributed by atoms with van der Waals surface area (Å²) in [5.74, 6) is 0.479. The Kier molecular flexibility index (Phi) is 6.03. The molecule has 1 N–H and O–H groups in total. The number of carbonyl (C=O) groups excluding carboxylic acids is 1. The first-order valence-corrected chi connectivity index (χ1v) is 6.96. The summed E-state index contributed by atoms with van der Waals surface area (Å²) in [5, 5.41) is 10.3. The molecule has 1 rings (SSSR count). The highest BCUT2D eigenvalue weighted by molar-refractivity contribution is 5.76. The van der Waals surface area contributed by atoms with Gasteiger partial charge in [0.15, 0.2) is 0 Å². The van der Waals surface area contributed by atoms with Crippen LogP contribution >= 0.6 is 0 Å². The first kappa shape index (κ1) is 15.7. The van der Waals surface area contributed by atoms with Crippen molar-refractivity contribution in [2.24, 2.45) is 5.92 Å². The second kappa shape index (κ2) is 7.29. The van der Waals surface area contributed by atoms with Gasteiger partial charge in [-0.1, -0.05) is 50.6 Å². The van der Waals surface area contributed by atoms with Gasteiger partial charge in [-0.25, -0.2) is 0 Å². The van der Waals surface area contributed by atoms with Gasteiger partial charge in [-0.05, 0) is 18.4 Å². The van der Waals surface area contributed by atoms with Gasteiger partial charge in [0.25, 0.3) is 0 Å². The van der Waals surface area contributed by atoms with Crippen LogP contribution in [0.3, 0.4) is 0 Å². The first-order valence-electron chi connectivity index (χ1n) is 6.96. The van der Waals surface area contributed by atoms with Crippen LogP contribution in [-0.2, 0) is 4.79 Å². The molecule has 0 unspecified atom stereocenters. The van der Waals surface area contributed by atoms with Crippen LogP contribution in [0.15, 0.2) is 30.3 Å². The molecule has 0 fully saturated rings. The van der Waals surface area contributed by atoms with Gasteiger partial charge in [0.1, 0.15) is 0 Å². The number of likely N-dealkylation sites (N-methyl/N-ethyl adjacent to an activating group) is 1. The molecule has 3 atom stereocenters. The molecule has 3 nitrogen and oxygen atoms in total. The zero-order chi connectivity index (χ0) is 14.4. The second-order valence-electron chi connectivity index (χ2n) is 5.32. The molecule has 3 heteroatoms. The number of hydrogen-bond acceptors (Lipinski definition) is 2. The zero-order valence-electron chi connectivity index (χ0n) is 12.3. The minimum Gasteiger partial charge on any atom is -0.386 e. The van der Waals surface area contributed by atoms with Crippen molar-refractivity contribution in [1.82, 2.24) is 4.90 Å². The van der Waals surface area contributed by atoms with Crippen LogP contribution in [0.5, 0.6) is 0 Å². The van der Waals surface area contributed by atoms with Crippen molar-refractivity contribution >= 4 is 5.91 Å². The summed E-state index contributed by atoms with van der Waals surface area (Å²) in [4.78, 5) is 13.8. The van der Waals surface area contributed by atoms with E-state index in [0.29, 0.717) is 12.3 Å². The molecule has 1 aromatic rings. The molecular formula is C16H25NO2. The van der Waals surface area contributed by atoms with E-state index in [2.05, 4.69) is 13.8 Å². The van der Waals surface area contributed by atoms with Crippen LogP contribution in [0.4, 0.5) is 0 Å². The Morgan fingerprint density at radius 1 is 1.26 bits per heavy atom. The Balaban J connectivity index is 2.66. The molecule has 0 bridgehead atoms. The smallest absolute Gasteiger partial charge is 0.222 e. The van der Waals surface area contributed by atoms with Crippen LogP contribution in [0.2, 0.25) is 0 Å². The van der Waals surface area contributed by atoms with Crippen molar-refractivity contribution in [3.8, 4) is 0 Å². The summed E-state index contributed by atoms with van der Waals surface area (Å²) in [5.41, 5.74) is 0.846. The molecule has 0 heterocycles. The van der Waals surface area contributed by atoms with E-state index in [1.165, 1.54) is 0 Å². The zero-order valence-corrected chi connectivity index (χ0v) is 12.3. The molecule has 0 spiro atoms. The van der Waals surface area contributed by atoms with Gasteiger partial charge in [-0.2, -0.15) is 0 Å². The molecule has 0 saturated carbocycles. The van der Waals surface area contributed by atoms with Crippen LogP contribution in [0, 0.1) is 5.92 Å². The summed E-state index contributed by atoms with van der Waals surface area (Å²) in [6, 6.07) is 9.25. The van der Waals surface area contributed by atoms with Gasteiger partial charge in [0.2, 0.25) is 5.91 Å². The summed E-state index contributed by atoms with van der Waals surface area (Å²) < 4.78 is 0. The minimum atomic E-state index is -0.646. The van der Waals surface area contributed by atoms with Gasteiger partial charge >= 0.3 is 0 Å². The maximum absolute atomic E-state index is 12.1. The third kappa shape index (κ3) is 4.35. The van der Waals surface area contributed by atoms with Crippen LogP contribution in [0.1, 0.15) is 45.3 Å². The molecule has 0 aliphatic rings. The van der Waals surface area contributed by atoms with Crippen molar-refractivity contribution in [1.29, 1.82) is 0 Å². The van der Waals surface area contributed by atoms with Gasteiger partial charge < -0.3 is 10.0 Å². The van der Waals surface area contributed by atoms with Crippen molar-refractivity contribution in [3.05, 3.63) is 35.9 Å². The maximum Gasteiger partial charge on any atom is 0.222 e. The molecule has 0 aromatic heterocycles. The Labute approximate surface area is 116 Å². The third-order valence-electron chi connectivity index (χ3n) is 3.82. The fraction of sp³-hybridized carbons (Fsp3) is 0.562.